The molecule has 0 amide bonds. The number of hydrogen-bond donors (Lipinski definition) is 2. The van der Waals surface area contributed by atoms with Crippen molar-refractivity contribution < 1.29 is 29.2 Å². The van der Waals surface area contributed by atoms with E-state index in [2.05, 4.69) is 6.65 Å². The van der Waals surface area contributed by atoms with E-state index in [4.69, 9.17) is 89.2 Å². The van der Waals surface area contributed by atoms with E-state index in [1.807, 2.05) is 25.1 Å². The third kappa shape index (κ3) is 17.0. The molecule has 0 unspecified atom stereocenters. The van der Waals surface area contributed by atoms with Crippen LogP contribution in [-0.2, 0) is 31.8 Å². The molecule has 12 heteroatoms. The van der Waals surface area contributed by atoms with Gasteiger partial charge in [0.05, 0.1) is 19.4 Å². The number of carboxylic acids is 1. The molecule has 3 rings (SSSR count). The Labute approximate surface area is 264 Å². The van der Waals surface area contributed by atoms with E-state index in [0.29, 0.717) is 37.8 Å². The Bertz CT molecular complexity index is 1160. The van der Waals surface area contributed by atoms with Gasteiger partial charge in [0.1, 0.15) is 0 Å². The fourth-order valence-corrected chi connectivity index (χ4v) is 3.95. The van der Waals surface area contributed by atoms with Crippen LogP contribution in [0.15, 0.2) is 54.6 Å². The molecule has 0 saturated heterocycles. The number of benzene rings is 3. The van der Waals surface area contributed by atoms with E-state index in [1.165, 1.54) is 0 Å². The number of ether oxygens (including phenoxy) is 1. The third-order valence-corrected chi connectivity index (χ3v) is 6.51. The average Bonchev–Trinajstić information content (AvgIpc) is 2.90. The summed E-state index contributed by atoms with van der Waals surface area (Å²) in [6.07, 6.45) is -0.0230. The van der Waals surface area contributed by atoms with Crippen LogP contribution in [0.5, 0.6) is 0 Å². The molecule has 3 aromatic carbocycles. The van der Waals surface area contributed by atoms with Crippen LogP contribution in [0, 0.1) is 13.6 Å². The van der Waals surface area contributed by atoms with Gasteiger partial charge in [-0.1, -0.05) is 87.8 Å². The number of carbonyl (C=O) groups is 2. The van der Waals surface area contributed by atoms with Crippen molar-refractivity contribution in [2.24, 2.45) is 0 Å². The molecule has 0 aliphatic heterocycles. The first-order chi connectivity index (χ1) is 18.9. The van der Waals surface area contributed by atoms with Crippen molar-refractivity contribution in [2.45, 2.75) is 33.6 Å². The predicted molar refractivity (Wildman–Crippen MR) is 162 cm³/mol. The predicted octanol–water partition coefficient (Wildman–Crippen LogP) is 8.98. The zero-order valence-electron chi connectivity index (χ0n) is 21.8. The molecular formula is C28H28Cl6O6. The van der Waals surface area contributed by atoms with Gasteiger partial charge in [0.15, 0.2) is 0 Å². The van der Waals surface area contributed by atoms with Crippen LogP contribution in [0.4, 0.5) is 0 Å². The minimum absolute atomic E-state index is 0.117. The van der Waals surface area contributed by atoms with Gasteiger partial charge >= 0.3 is 23.2 Å². The molecule has 0 aliphatic rings. The molecule has 6 nitrogen and oxygen atoms in total. The van der Waals surface area contributed by atoms with E-state index < -0.39 is 5.97 Å². The molecule has 0 spiro atoms. The monoisotopic (exact) mass is 670 g/mol. The van der Waals surface area contributed by atoms with Gasteiger partial charge in [0.2, 0.25) is 0 Å². The van der Waals surface area contributed by atoms with Gasteiger partial charge < -0.3 is 14.9 Å². The molecule has 40 heavy (non-hydrogen) atoms. The van der Waals surface area contributed by atoms with Crippen molar-refractivity contribution in [3.05, 3.63) is 108 Å². The second kappa shape index (κ2) is 23.7. The summed E-state index contributed by atoms with van der Waals surface area (Å²) in [5.41, 5.74) is 2.03. The maximum atomic E-state index is 11.2. The van der Waals surface area contributed by atoms with Crippen LogP contribution in [0.1, 0.15) is 30.5 Å². The van der Waals surface area contributed by atoms with Gasteiger partial charge in [-0.05, 0) is 62.7 Å². The number of hydrogen-bond acceptors (Lipinski definition) is 4. The molecule has 0 aromatic heterocycles. The number of aliphatic hydroxyl groups is 1. The second-order valence-electron chi connectivity index (χ2n) is 7.12. The summed E-state index contributed by atoms with van der Waals surface area (Å²) in [4.78, 5) is 21.5. The normalized spacial score (nSPS) is 9.10. The van der Waals surface area contributed by atoms with Gasteiger partial charge in [-0.15, -0.1) is 0 Å². The van der Waals surface area contributed by atoms with Crippen LogP contribution in [-0.4, -0.2) is 35.4 Å². The van der Waals surface area contributed by atoms with Crippen LogP contribution in [0.2, 0.25) is 30.1 Å². The van der Waals surface area contributed by atoms with E-state index in [-0.39, 0.29) is 25.4 Å². The molecule has 2 N–H and O–H groups in total. The van der Waals surface area contributed by atoms with Crippen LogP contribution in [0.25, 0.3) is 0 Å². The first-order valence-corrected chi connectivity index (χ1v) is 13.6. The molecule has 0 heterocycles. The Balaban J connectivity index is 0. The van der Waals surface area contributed by atoms with Gasteiger partial charge in [-0.2, -0.15) is 0 Å². The Hall–Kier alpha value is -1.96. The summed E-state index contributed by atoms with van der Waals surface area (Å²) < 4.78 is 12.3. The third-order valence-electron chi connectivity index (χ3n) is 4.28. The number of halogens is 6. The quantitative estimate of drug-likeness (QED) is 0.160. The van der Waals surface area contributed by atoms with Gasteiger partial charge in [0, 0.05) is 47.9 Å². The zero-order chi connectivity index (χ0) is 31.3. The molecule has 0 saturated carbocycles. The van der Waals surface area contributed by atoms with Crippen molar-refractivity contribution in [3.8, 4) is 0 Å². The molecule has 0 aliphatic carbocycles. The van der Waals surface area contributed by atoms with E-state index in [9.17, 15) is 9.59 Å². The van der Waals surface area contributed by atoms with Crippen molar-refractivity contribution in [2.75, 3.05) is 13.2 Å². The maximum absolute atomic E-state index is 11.2. The van der Waals surface area contributed by atoms with Crippen LogP contribution in [0.3, 0.4) is 0 Å². The molecule has 3 aromatic rings. The van der Waals surface area contributed by atoms with Gasteiger partial charge in [-0.3, -0.25) is 9.59 Å². The average molecular weight is 673 g/mol. The standard InChI is InChI=1S/C10H10Cl2O2.C8H6Cl2O2.C7H6Cl2.C2H6O.CO/c1-2-14-10(13)6-7-8(11)4-3-5-9(7)12;9-6-2-1-3-7(10)5(6)4-8(11)12;1-5-6(8)3-2-4-7(5)9;1-2-3;1-2/h3-5H,2,6H2,1H3;1-3H,4H2,(H,11,12);2-4H,1H3;3H,2H2,1H3;. The summed E-state index contributed by atoms with van der Waals surface area (Å²) in [5.74, 6) is -1.26. The number of aliphatic hydroxyl groups excluding tert-OH is 1. The fourth-order valence-electron chi connectivity index (χ4n) is 2.49. The minimum atomic E-state index is -0.940. The van der Waals surface area contributed by atoms with E-state index >= 15 is 0 Å². The van der Waals surface area contributed by atoms with Gasteiger partial charge in [0.25, 0.3) is 0 Å². The van der Waals surface area contributed by atoms with E-state index in [1.54, 1.807) is 50.2 Å². The molecule has 0 fully saturated rings. The Morgan fingerprint density at radius 2 is 1.02 bits per heavy atom. The Morgan fingerprint density at radius 3 is 1.30 bits per heavy atom. The molecular weight excluding hydrogens is 645 g/mol. The van der Waals surface area contributed by atoms with Crippen LogP contribution >= 0.6 is 69.6 Å². The SMILES string of the molecule is CCO.CCOC(=O)Cc1c(Cl)cccc1Cl.Cc1c(Cl)cccc1Cl.O=C(O)Cc1c(Cl)cccc1Cl.[C-]#[O+]. The Morgan fingerprint density at radius 1 is 0.725 bits per heavy atom. The topological polar surface area (TPSA) is 104 Å². The molecule has 0 bridgehead atoms. The van der Waals surface area contributed by atoms with Crippen molar-refractivity contribution >= 4 is 81.5 Å². The molecule has 218 valence electrons. The first kappa shape index (κ1) is 40.2. The van der Waals surface area contributed by atoms with E-state index in [0.717, 1.165) is 15.6 Å². The molecule has 0 radical (unpaired) electrons. The summed E-state index contributed by atoms with van der Waals surface area (Å²) in [6.45, 7) is 10.4. The summed E-state index contributed by atoms with van der Waals surface area (Å²) in [6, 6.07) is 15.5. The first-order valence-electron chi connectivity index (χ1n) is 11.3. The van der Waals surface area contributed by atoms with Crippen molar-refractivity contribution in [3.63, 3.8) is 0 Å². The summed E-state index contributed by atoms with van der Waals surface area (Å²) in [5, 5.41) is 19.3. The fraction of sp³-hybridized carbons (Fsp3) is 0.250. The van der Waals surface area contributed by atoms with Gasteiger partial charge in [-0.25, -0.2) is 0 Å². The number of esters is 1. The summed E-state index contributed by atoms with van der Waals surface area (Å²) >= 11 is 34.7. The number of carbonyl (C=O) groups excluding carboxylic acids is 1. The number of rotatable bonds is 5. The molecule has 0 atom stereocenters. The van der Waals surface area contributed by atoms with Crippen molar-refractivity contribution in [1.82, 2.24) is 0 Å². The van der Waals surface area contributed by atoms with Crippen LogP contribution < -0.4 is 0 Å². The second-order valence-corrected chi connectivity index (χ2v) is 9.56. The Kier molecular flexibility index (Phi) is 23.8. The number of aliphatic carboxylic acids is 1. The zero-order valence-corrected chi connectivity index (χ0v) is 26.4. The number of carboxylic acid groups (broad SMARTS) is 1. The summed E-state index contributed by atoms with van der Waals surface area (Å²) in [7, 11) is 0. The van der Waals surface area contributed by atoms with Crippen molar-refractivity contribution in [1.29, 1.82) is 0 Å².